The van der Waals surface area contributed by atoms with Crippen molar-refractivity contribution < 1.29 is 8.62 Å². The summed E-state index contributed by atoms with van der Waals surface area (Å²) in [7, 11) is 1.71. The van der Waals surface area contributed by atoms with Crippen molar-refractivity contribution in [3.63, 3.8) is 0 Å². The second kappa shape index (κ2) is 9.38. The van der Waals surface area contributed by atoms with Crippen molar-refractivity contribution in [3.05, 3.63) is 57.9 Å². The van der Waals surface area contributed by atoms with Crippen LogP contribution >= 0.6 is 28.3 Å². The zero-order valence-electron chi connectivity index (χ0n) is 14.4. The highest BCUT2D eigenvalue weighted by atomic mass is 79.9. The van der Waals surface area contributed by atoms with E-state index < -0.39 is 0 Å². The lowest BCUT2D eigenvalue weighted by atomic mass is 9.90. The van der Waals surface area contributed by atoms with E-state index in [1.165, 1.54) is 4.31 Å². The number of ether oxygens (including phenoxy) is 1. The van der Waals surface area contributed by atoms with Crippen molar-refractivity contribution in [2.75, 3.05) is 7.05 Å². The van der Waals surface area contributed by atoms with Crippen molar-refractivity contribution in [3.8, 4) is 0 Å². The minimum absolute atomic E-state index is 0.193. The minimum Gasteiger partial charge on any atom is -0.486 e. The van der Waals surface area contributed by atoms with Gasteiger partial charge < -0.3 is 4.74 Å². The minimum atomic E-state index is -0.263. The molecule has 0 spiro atoms. The molecule has 0 aliphatic carbocycles. The Balaban J connectivity index is 3.25. The third kappa shape index (κ3) is 6.22. The standard InChI is InChI=1S/C18H25BrFNOS/c1-6-10-15(19)16(17(18(2,3)4)21(5)23-20)22-13-14-11-8-7-9-12-14/h7-12H,6,13H2,1-5H3/b15-10-,17-16+. The molecular weight excluding hydrogens is 377 g/mol. The van der Waals surface area contributed by atoms with Crippen LogP contribution in [0.15, 0.2) is 52.3 Å². The maximum atomic E-state index is 13.3. The molecule has 23 heavy (non-hydrogen) atoms. The molecule has 0 fully saturated rings. The number of rotatable bonds is 7. The van der Waals surface area contributed by atoms with E-state index in [9.17, 15) is 3.89 Å². The van der Waals surface area contributed by atoms with Gasteiger partial charge in [-0.25, -0.2) is 0 Å². The summed E-state index contributed by atoms with van der Waals surface area (Å²) in [6, 6.07) is 9.96. The van der Waals surface area contributed by atoms with Crippen LogP contribution < -0.4 is 0 Å². The van der Waals surface area contributed by atoms with Crippen LogP contribution in [0.2, 0.25) is 0 Å². The highest BCUT2D eigenvalue weighted by Crippen LogP contribution is 2.38. The van der Waals surface area contributed by atoms with Gasteiger partial charge >= 0.3 is 0 Å². The summed E-state index contributed by atoms with van der Waals surface area (Å²) in [5.74, 6) is 0.677. The van der Waals surface area contributed by atoms with Gasteiger partial charge in [-0.1, -0.05) is 64.1 Å². The van der Waals surface area contributed by atoms with E-state index in [1.807, 2.05) is 57.2 Å². The molecule has 1 aromatic carbocycles. The molecule has 1 aromatic rings. The maximum absolute atomic E-state index is 13.3. The van der Waals surface area contributed by atoms with Crippen molar-refractivity contribution in [2.45, 2.75) is 40.7 Å². The van der Waals surface area contributed by atoms with Gasteiger partial charge in [-0.05, 0) is 27.9 Å². The SMILES string of the molecule is CC/C=C(Br)/C(OCc1ccccc1)=C(\N(C)SF)C(C)(C)C. The number of hydrogen-bond acceptors (Lipinski definition) is 3. The summed E-state index contributed by atoms with van der Waals surface area (Å²) in [5.41, 5.74) is 1.61. The van der Waals surface area contributed by atoms with E-state index >= 15 is 0 Å². The molecule has 1 rings (SSSR count). The second-order valence-corrected chi connectivity index (χ2v) is 7.77. The molecule has 0 saturated carbocycles. The van der Waals surface area contributed by atoms with E-state index in [1.54, 1.807) is 7.05 Å². The van der Waals surface area contributed by atoms with Crippen LogP contribution in [0.1, 0.15) is 39.7 Å². The Morgan fingerprint density at radius 1 is 1.30 bits per heavy atom. The second-order valence-electron chi connectivity index (χ2n) is 6.23. The monoisotopic (exact) mass is 401 g/mol. The summed E-state index contributed by atoms with van der Waals surface area (Å²) in [5, 5.41) is 0. The Labute approximate surface area is 152 Å². The van der Waals surface area contributed by atoms with Crippen LogP contribution in [0.3, 0.4) is 0 Å². The van der Waals surface area contributed by atoms with Crippen LogP contribution in [-0.4, -0.2) is 11.4 Å². The average molecular weight is 402 g/mol. The molecule has 128 valence electrons. The first-order valence-corrected chi connectivity index (χ1v) is 9.07. The molecule has 0 radical (unpaired) electrons. The van der Waals surface area contributed by atoms with Gasteiger partial charge in [-0.15, -0.1) is 3.89 Å². The molecule has 0 heterocycles. The van der Waals surface area contributed by atoms with Gasteiger partial charge in [0.05, 0.1) is 10.2 Å². The molecule has 0 saturated heterocycles. The molecule has 0 aliphatic heterocycles. The van der Waals surface area contributed by atoms with Gasteiger partial charge in [0.15, 0.2) is 18.1 Å². The molecule has 0 atom stereocenters. The van der Waals surface area contributed by atoms with Gasteiger partial charge in [0.1, 0.15) is 6.61 Å². The van der Waals surface area contributed by atoms with Gasteiger partial charge in [0.25, 0.3) is 0 Å². The normalized spacial score (nSPS) is 13.6. The molecule has 0 N–H and O–H groups in total. The number of benzene rings is 1. The van der Waals surface area contributed by atoms with Crippen molar-refractivity contribution in [1.29, 1.82) is 0 Å². The third-order valence-corrected chi connectivity index (χ3v) is 4.24. The van der Waals surface area contributed by atoms with E-state index in [0.717, 1.165) is 22.2 Å². The largest absolute Gasteiger partial charge is 0.486 e. The molecule has 0 bridgehead atoms. The Kier molecular flexibility index (Phi) is 8.20. The van der Waals surface area contributed by atoms with E-state index in [0.29, 0.717) is 12.4 Å². The first-order valence-electron chi connectivity index (χ1n) is 7.61. The van der Waals surface area contributed by atoms with Gasteiger partial charge in [-0.2, -0.15) is 0 Å². The molecule has 0 amide bonds. The van der Waals surface area contributed by atoms with Crippen LogP contribution in [0.5, 0.6) is 0 Å². The predicted molar refractivity (Wildman–Crippen MR) is 101 cm³/mol. The van der Waals surface area contributed by atoms with Gasteiger partial charge in [0, 0.05) is 12.5 Å². The van der Waals surface area contributed by atoms with Crippen molar-refractivity contribution in [2.24, 2.45) is 5.41 Å². The highest BCUT2D eigenvalue weighted by Gasteiger charge is 2.28. The molecule has 0 aromatic heterocycles. The molecule has 0 unspecified atom stereocenters. The number of nitrogens with zero attached hydrogens (tertiary/aromatic N) is 1. The summed E-state index contributed by atoms with van der Waals surface area (Å²) in [6.07, 6.45) is 2.89. The Morgan fingerprint density at radius 3 is 2.39 bits per heavy atom. The zero-order chi connectivity index (χ0) is 17.5. The lowest BCUT2D eigenvalue weighted by Crippen LogP contribution is -2.24. The van der Waals surface area contributed by atoms with Crippen LogP contribution in [0, 0.1) is 5.41 Å². The van der Waals surface area contributed by atoms with Gasteiger partial charge in [-0.3, -0.25) is 4.31 Å². The predicted octanol–water partition coefficient (Wildman–Crippen LogP) is 6.61. The fourth-order valence-electron chi connectivity index (χ4n) is 2.24. The Bertz CT molecular complexity index is 552. The van der Waals surface area contributed by atoms with Crippen LogP contribution in [-0.2, 0) is 11.3 Å². The first-order chi connectivity index (χ1) is 10.8. The number of halogens is 2. The Hall–Kier alpha value is -0.940. The zero-order valence-corrected chi connectivity index (χ0v) is 16.8. The number of allylic oxidation sites excluding steroid dienone is 3. The van der Waals surface area contributed by atoms with Crippen molar-refractivity contribution >= 4 is 28.3 Å². The fourth-order valence-corrected chi connectivity index (χ4v) is 3.29. The van der Waals surface area contributed by atoms with Crippen LogP contribution in [0.25, 0.3) is 0 Å². The molecular formula is C18H25BrFNOS. The van der Waals surface area contributed by atoms with E-state index in [-0.39, 0.29) is 17.7 Å². The third-order valence-electron chi connectivity index (χ3n) is 3.17. The maximum Gasteiger partial charge on any atom is 0.164 e. The van der Waals surface area contributed by atoms with Gasteiger partial charge in [0.2, 0.25) is 0 Å². The first kappa shape index (κ1) is 20.1. The topological polar surface area (TPSA) is 12.5 Å². The summed E-state index contributed by atoms with van der Waals surface area (Å²) >= 11 is 3.78. The summed E-state index contributed by atoms with van der Waals surface area (Å²) < 4.78 is 21.7. The van der Waals surface area contributed by atoms with E-state index in [2.05, 4.69) is 22.9 Å². The highest BCUT2D eigenvalue weighted by molar-refractivity contribution is 9.11. The molecule has 5 heteroatoms. The lowest BCUT2D eigenvalue weighted by Gasteiger charge is -2.31. The smallest absolute Gasteiger partial charge is 0.164 e. The van der Waals surface area contributed by atoms with E-state index in [4.69, 9.17) is 4.74 Å². The number of hydrogen-bond donors (Lipinski definition) is 0. The molecule has 2 nitrogen and oxygen atoms in total. The summed E-state index contributed by atoms with van der Waals surface area (Å²) in [6.45, 7) is 8.64. The van der Waals surface area contributed by atoms with Crippen LogP contribution in [0.4, 0.5) is 3.89 Å². The lowest BCUT2D eigenvalue weighted by molar-refractivity contribution is 0.191. The van der Waals surface area contributed by atoms with Crippen molar-refractivity contribution in [1.82, 2.24) is 4.31 Å². The fraction of sp³-hybridized carbons (Fsp3) is 0.444. The average Bonchev–Trinajstić information content (AvgIpc) is 2.50. The summed E-state index contributed by atoms with van der Waals surface area (Å²) in [4.78, 5) is 0. The molecule has 0 aliphatic rings. The quantitative estimate of drug-likeness (QED) is 0.289. The Morgan fingerprint density at radius 2 is 1.91 bits per heavy atom.